The van der Waals surface area contributed by atoms with Crippen LogP contribution in [-0.4, -0.2) is 29.6 Å². The molecule has 3 rings (SSSR count). The van der Waals surface area contributed by atoms with Gasteiger partial charge in [-0.2, -0.15) is 5.10 Å². The van der Waals surface area contributed by atoms with E-state index in [-0.39, 0.29) is 10.9 Å². The number of nitrogens with one attached hydrogen (secondary N) is 2. The first-order valence-electron chi connectivity index (χ1n) is 8.30. The summed E-state index contributed by atoms with van der Waals surface area (Å²) in [6, 6.07) is 9.66. The molecule has 0 saturated carbocycles. The molecule has 0 radical (unpaired) electrons. The molecule has 2 heterocycles. The zero-order valence-electron chi connectivity index (χ0n) is 15.4. The Kier molecular flexibility index (Phi) is 5.46. The highest BCUT2D eigenvalue weighted by atomic mass is 79.9. The van der Waals surface area contributed by atoms with E-state index in [1.807, 2.05) is 6.07 Å². The fourth-order valence-corrected chi connectivity index (χ4v) is 4.07. The highest BCUT2D eigenvalue weighted by Gasteiger charge is 2.26. The van der Waals surface area contributed by atoms with Crippen molar-refractivity contribution in [3.63, 3.8) is 0 Å². The minimum Gasteiger partial charge on any atom is -0.438 e. The molecule has 0 atom stereocenters. The molecule has 8 nitrogen and oxygen atoms in total. The Bertz CT molecular complexity index is 1110. The van der Waals surface area contributed by atoms with Crippen molar-refractivity contribution in [3.05, 3.63) is 59.0 Å². The summed E-state index contributed by atoms with van der Waals surface area (Å²) in [4.78, 5) is 12.6. The van der Waals surface area contributed by atoms with Crippen molar-refractivity contribution in [1.82, 2.24) is 14.5 Å². The van der Waals surface area contributed by atoms with E-state index in [9.17, 15) is 13.2 Å². The summed E-state index contributed by atoms with van der Waals surface area (Å²) in [5, 5.41) is 6.61. The average molecular weight is 467 g/mol. The highest BCUT2D eigenvalue weighted by molar-refractivity contribution is 9.10. The Morgan fingerprint density at radius 1 is 1.18 bits per heavy atom. The van der Waals surface area contributed by atoms with Crippen molar-refractivity contribution in [2.24, 2.45) is 0 Å². The Labute approximate surface area is 171 Å². The first-order chi connectivity index (χ1) is 13.0. The van der Waals surface area contributed by atoms with E-state index >= 15 is 0 Å². The van der Waals surface area contributed by atoms with E-state index in [0.29, 0.717) is 11.4 Å². The maximum atomic E-state index is 12.6. The fourth-order valence-electron chi connectivity index (χ4n) is 2.44. The van der Waals surface area contributed by atoms with Crippen LogP contribution in [0.1, 0.15) is 31.3 Å². The van der Waals surface area contributed by atoms with Crippen molar-refractivity contribution in [3.8, 4) is 5.69 Å². The number of furan rings is 1. The van der Waals surface area contributed by atoms with Crippen LogP contribution in [0.15, 0.2) is 62.8 Å². The normalized spacial score (nSPS) is 12.1. The molecule has 0 fully saturated rings. The minimum atomic E-state index is -3.87. The van der Waals surface area contributed by atoms with Gasteiger partial charge in [0.15, 0.2) is 5.76 Å². The summed E-state index contributed by atoms with van der Waals surface area (Å²) in [5.74, 6) is -0.693. The third-order valence-electron chi connectivity index (χ3n) is 3.46. The molecule has 2 N–H and O–H groups in total. The van der Waals surface area contributed by atoms with Crippen molar-refractivity contribution in [1.29, 1.82) is 0 Å². The van der Waals surface area contributed by atoms with E-state index < -0.39 is 21.5 Å². The first kappa shape index (κ1) is 20.3. The van der Waals surface area contributed by atoms with Gasteiger partial charge in [-0.15, -0.1) is 0 Å². The van der Waals surface area contributed by atoms with Crippen LogP contribution in [0.5, 0.6) is 0 Å². The predicted molar refractivity (Wildman–Crippen MR) is 108 cm³/mol. The third-order valence-corrected chi connectivity index (χ3v) is 5.50. The summed E-state index contributed by atoms with van der Waals surface area (Å²) in [6.45, 7) is 5.14. The van der Waals surface area contributed by atoms with Gasteiger partial charge in [-0.25, -0.2) is 17.8 Å². The van der Waals surface area contributed by atoms with Crippen LogP contribution in [0.4, 0.5) is 5.69 Å². The Morgan fingerprint density at radius 2 is 1.89 bits per heavy atom. The van der Waals surface area contributed by atoms with Gasteiger partial charge in [0.2, 0.25) is 5.09 Å². The van der Waals surface area contributed by atoms with Crippen LogP contribution in [0.3, 0.4) is 0 Å². The summed E-state index contributed by atoms with van der Waals surface area (Å²) in [6.07, 6.45) is 3.38. The first-order valence-corrected chi connectivity index (χ1v) is 10.6. The highest BCUT2D eigenvalue weighted by Crippen LogP contribution is 2.23. The number of hydrogen-bond donors (Lipinski definition) is 2. The zero-order valence-corrected chi connectivity index (χ0v) is 17.8. The lowest BCUT2D eigenvalue weighted by atomic mass is 10.1. The van der Waals surface area contributed by atoms with E-state index in [4.69, 9.17) is 4.42 Å². The van der Waals surface area contributed by atoms with Crippen LogP contribution in [0, 0.1) is 0 Å². The molecule has 1 aromatic carbocycles. The quantitative estimate of drug-likeness (QED) is 0.597. The molecule has 3 aromatic rings. The largest absolute Gasteiger partial charge is 0.438 e. The molecule has 28 heavy (non-hydrogen) atoms. The SMILES string of the molecule is CC(C)(C)NS(=O)(=O)c1ccc(C(=O)Nc2ccccc2-n2cc(Br)cn2)o1. The van der Waals surface area contributed by atoms with Gasteiger partial charge in [0.1, 0.15) is 0 Å². The monoisotopic (exact) mass is 466 g/mol. The standard InChI is InChI=1S/C18H19BrN4O4S/c1-18(2,3)22-28(25,26)16-9-8-15(27-16)17(24)21-13-6-4-5-7-14(13)23-11-12(19)10-20-23/h4-11,22H,1-3H3,(H,21,24). The second-order valence-electron chi connectivity index (χ2n) is 7.05. The molecule has 1 amide bonds. The van der Waals surface area contributed by atoms with Gasteiger partial charge >= 0.3 is 0 Å². The van der Waals surface area contributed by atoms with Gasteiger partial charge in [-0.05, 0) is 61.0 Å². The van der Waals surface area contributed by atoms with Crippen molar-refractivity contribution in [2.45, 2.75) is 31.4 Å². The molecule has 0 aliphatic heterocycles. The van der Waals surface area contributed by atoms with Crippen LogP contribution >= 0.6 is 15.9 Å². The van der Waals surface area contributed by atoms with Gasteiger partial charge in [0.05, 0.1) is 22.0 Å². The van der Waals surface area contributed by atoms with Crippen LogP contribution in [0.2, 0.25) is 0 Å². The number of sulfonamides is 1. The fraction of sp³-hybridized carbons (Fsp3) is 0.222. The molecular formula is C18H19BrN4O4S. The molecule has 0 aliphatic rings. The lowest BCUT2D eigenvalue weighted by Crippen LogP contribution is -2.40. The summed E-state index contributed by atoms with van der Waals surface area (Å²) in [7, 11) is -3.87. The summed E-state index contributed by atoms with van der Waals surface area (Å²) >= 11 is 3.33. The molecule has 148 valence electrons. The molecule has 10 heteroatoms. The number of halogens is 1. The van der Waals surface area contributed by atoms with Crippen LogP contribution in [-0.2, 0) is 10.0 Å². The average Bonchev–Trinajstić information content (AvgIpc) is 3.22. The maximum Gasteiger partial charge on any atom is 0.291 e. The topological polar surface area (TPSA) is 106 Å². The van der Waals surface area contributed by atoms with Crippen molar-refractivity contribution in [2.75, 3.05) is 5.32 Å². The minimum absolute atomic E-state index is 0.120. The number of nitrogens with zero attached hydrogens (tertiary/aromatic N) is 2. The number of anilines is 1. The number of carbonyl (C=O) groups excluding carboxylic acids is 1. The number of hydrogen-bond acceptors (Lipinski definition) is 5. The second-order valence-corrected chi connectivity index (χ2v) is 9.58. The number of carbonyl (C=O) groups is 1. The van der Waals surface area contributed by atoms with Gasteiger partial charge in [0, 0.05) is 11.7 Å². The molecule has 0 saturated heterocycles. The van der Waals surface area contributed by atoms with E-state index in [0.717, 1.165) is 4.47 Å². The zero-order chi connectivity index (χ0) is 20.5. The second kappa shape index (κ2) is 7.53. The Morgan fingerprint density at radius 3 is 2.54 bits per heavy atom. The van der Waals surface area contributed by atoms with Gasteiger partial charge in [-0.1, -0.05) is 12.1 Å². The van der Waals surface area contributed by atoms with Crippen molar-refractivity contribution >= 4 is 37.5 Å². The molecule has 0 aliphatic carbocycles. The van der Waals surface area contributed by atoms with Crippen molar-refractivity contribution < 1.29 is 17.6 Å². The Hall–Kier alpha value is -2.43. The van der Waals surface area contributed by atoms with Gasteiger partial charge in [0.25, 0.3) is 15.9 Å². The number of amides is 1. The van der Waals surface area contributed by atoms with E-state index in [2.05, 4.69) is 31.1 Å². The maximum absolute atomic E-state index is 12.6. The lowest BCUT2D eigenvalue weighted by molar-refractivity contribution is 0.0991. The van der Waals surface area contributed by atoms with E-state index in [1.54, 1.807) is 56.0 Å². The smallest absolute Gasteiger partial charge is 0.291 e. The van der Waals surface area contributed by atoms with Crippen LogP contribution < -0.4 is 10.0 Å². The van der Waals surface area contributed by atoms with Gasteiger partial charge in [-0.3, -0.25) is 4.79 Å². The Balaban J connectivity index is 1.83. The predicted octanol–water partition coefficient (Wildman–Crippen LogP) is 3.56. The van der Waals surface area contributed by atoms with E-state index in [1.165, 1.54) is 12.1 Å². The molecule has 0 unspecified atom stereocenters. The lowest BCUT2D eigenvalue weighted by Gasteiger charge is -2.18. The number of aromatic nitrogens is 2. The third kappa shape index (κ3) is 4.70. The van der Waals surface area contributed by atoms with Gasteiger partial charge < -0.3 is 9.73 Å². The number of rotatable bonds is 5. The number of para-hydroxylation sites is 2. The number of benzene rings is 1. The summed E-state index contributed by atoms with van der Waals surface area (Å²) in [5.41, 5.74) is 0.470. The molecule has 0 spiro atoms. The molecule has 0 bridgehead atoms. The summed E-state index contributed by atoms with van der Waals surface area (Å²) < 4.78 is 34.8. The molecular weight excluding hydrogens is 448 g/mol. The van der Waals surface area contributed by atoms with Crippen LogP contribution in [0.25, 0.3) is 5.69 Å². The molecule has 2 aromatic heterocycles.